The van der Waals surface area contributed by atoms with Gasteiger partial charge in [0, 0.05) is 35.8 Å². The Morgan fingerprint density at radius 3 is 2.72 bits per heavy atom. The van der Waals surface area contributed by atoms with Crippen molar-refractivity contribution in [3.8, 4) is 5.69 Å². The highest BCUT2D eigenvalue weighted by Crippen LogP contribution is 2.39. The van der Waals surface area contributed by atoms with Crippen LogP contribution in [0.2, 0.25) is 0 Å². The van der Waals surface area contributed by atoms with Crippen molar-refractivity contribution in [3.63, 3.8) is 0 Å². The zero-order valence-corrected chi connectivity index (χ0v) is 19.4. The number of aliphatic hydroxyl groups excluding tert-OH is 2. The minimum absolute atomic E-state index is 0.107. The molecule has 0 unspecified atom stereocenters. The van der Waals surface area contributed by atoms with Gasteiger partial charge >= 0.3 is 5.97 Å². The number of aryl methyl sites for hydroxylation is 1. The zero-order chi connectivity index (χ0) is 22.9. The summed E-state index contributed by atoms with van der Waals surface area (Å²) in [5.74, 6) is -0.277. The molecule has 0 radical (unpaired) electrons. The first-order chi connectivity index (χ1) is 15.5. The molecule has 0 spiro atoms. The molecule has 1 aromatic heterocycles. The number of esters is 1. The summed E-state index contributed by atoms with van der Waals surface area (Å²) in [7, 11) is 1.42. The molecule has 0 amide bonds. The molecule has 5 heteroatoms. The van der Waals surface area contributed by atoms with Gasteiger partial charge in [-0.15, -0.1) is 0 Å². The molecule has 1 heterocycles. The normalized spacial score (nSPS) is 18.8. The van der Waals surface area contributed by atoms with Gasteiger partial charge in [0.05, 0.1) is 19.3 Å². The fraction of sp³-hybridized carbons (Fsp3) is 0.519. The molecular formula is C27H37NO4. The second-order valence-electron chi connectivity index (χ2n) is 8.74. The Labute approximate surface area is 191 Å². The number of nitrogens with zero attached hydrogens (tertiary/aromatic N) is 1. The van der Waals surface area contributed by atoms with E-state index >= 15 is 0 Å². The highest BCUT2D eigenvalue weighted by Gasteiger charge is 2.34. The van der Waals surface area contributed by atoms with Crippen LogP contribution in [0, 0.1) is 0 Å². The summed E-state index contributed by atoms with van der Waals surface area (Å²) in [5, 5.41) is 21.1. The van der Waals surface area contributed by atoms with E-state index in [1.54, 1.807) is 0 Å². The van der Waals surface area contributed by atoms with Crippen molar-refractivity contribution >= 4 is 5.97 Å². The van der Waals surface area contributed by atoms with Crippen molar-refractivity contribution < 1.29 is 19.7 Å². The van der Waals surface area contributed by atoms with Crippen molar-refractivity contribution in [1.82, 2.24) is 4.57 Å². The first-order valence-corrected chi connectivity index (χ1v) is 11.9. The van der Waals surface area contributed by atoms with Gasteiger partial charge < -0.3 is 19.5 Å². The summed E-state index contributed by atoms with van der Waals surface area (Å²) in [6, 6.07) is 12.4. The third-order valence-corrected chi connectivity index (χ3v) is 6.34. The van der Waals surface area contributed by atoms with Crippen LogP contribution in [0.5, 0.6) is 0 Å². The number of hydrogen-bond donors (Lipinski definition) is 2. The lowest BCUT2D eigenvalue weighted by Gasteiger charge is -2.14. The molecule has 0 saturated heterocycles. The van der Waals surface area contributed by atoms with Gasteiger partial charge in [0.1, 0.15) is 0 Å². The average Bonchev–Trinajstić information content (AvgIpc) is 3.29. The molecule has 174 valence electrons. The van der Waals surface area contributed by atoms with Crippen molar-refractivity contribution in [1.29, 1.82) is 0 Å². The number of para-hydroxylation sites is 1. The number of carbonyl (C=O) groups is 1. The van der Waals surface area contributed by atoms with Crippen LogP contribution in [-0.4, -0.2) is 40.1 Å². The van der Waals surface area contributed by atoms with Gasteiger partial charge in [-0.1, -0.05) is 56.5 Å². The number of rotatable bonds is 12. The summed E-state index contributed by atoms with van der Waals surface area (Å²) in [4.78, 5) is 11.4. The van der Waals surface area contributed by atoms with Gasteiger partial charge in [-0.3, -0.25) is 4.79 Å². The summed E-state index contributed by atoms with van der Waals surface area (Å²) in [5.41, 5.74) is 4.57. The molecule has 5 nitrogen and oxygen atoms in total. The number of fused-ring (bicyclic) bond motifs is 1. The largest absolute Gasteiger partial charge is 0.469 e. The Morgan fingerprint density at radius 2 is 2.00 bits per heavy atom. The van der Waals surface area contributed by atoms with E-state index in [1.807, 2.05) is 30.4 Å². The predicted octanol–water partition coefficient (Wildman–Crippen LogP) is 4.86. The minimum Gasteiger partial charge on any atom is -0.469 e. The Hall–Kier alpha value is -2.37. The van der Waals surface area contributed by atoms with Crippen LogP contribution in [0.4, 0.5) is 0 Å². The maximum Gasteiger partial charge on any atom is 0.305 e. The number of unbranched alkanes of at least 4 members (excludes halogenated alkanes) is 3. The molecule has 32 heavy (non-hydrogen) atoms. The van der Waals surface area contributed by atoms with Crippen LogP contribution in [0.3, 0.4) is 0 Å². The van der Waals surface area contributed by atoms with Gasteiger partial charge in [-0.25, -0.2) is 0 Å². The standard InChI is InChI=1S/C27H37NO4/c1-3-4-6-14-22(29)16-17-23-24-18-21(13-9-10-15-27(31)32-2)28(25(24)19-26(23)30)20-11-7-5-8-12-20/h5,7-8,11-12,16-18,22-23,26,29-30H,3-4,6,9-10,13-15,19H2,1-2H3/b17-16+/t22-,23+,26+/m0/s1. The van der Waals surface area contributed by atoms with Crippen LogP contribution in [0.25, 0.3) is 5.69 Å². The molecule has 3 atom stereocenters. The van der Waals surface area contributed by atoms with E-state index in [4.69, 9.17) is 4.74 Å². The third-order valence-electron chi connectivity index (χ3n) is 6.34. The van der Waals surface area contributed by atoms with Crippen molar-refractivity contribution in [3.05, 3.63) is 65.5 Å². The first kappa shape index (κ1) is 24.3. The maximum atomic E-state index is 11.4. The van der Waals surface area contributed by atoms with E-state index < -0.39 is 12.2 Å². The number of methoxy groups -OCH3 is 1. The molecule has 1 aliphatic carbocycles. The summed E-state index contributed by atoms with van der Waals surface area (Å²) >= 11 is 0. The van der Waals surface area contributed by atoms with Crippen molar-refractivity contribution in [2.45, 2.75) is 82.8 Å². The minimum atomic E-state index is -0.484. The monoisotopic (exact) mass is 439 g/mol. The van der Waals surface area contributed by atoms with Crippen molar-refractivity contribution in [2.24, 2.45) is 0 Å². The van der Waals surface area contributed by atoms with Gasteiger partial charge in [0.15, 0.2) is 0 Å². The molecule has 0 aliphatic heterocycles. The Balaban J connectivity index is 1.80. The number of hydrogen-bond acceptors (Lipinski definition) is 4. The van der Waals surface area contributed by atoms with Crippen molar-refractivity contribution in [2.75, 3.05) is 7.11 Å². The number of aromatic nitrogens is 1. The Morgan fingerprint density at radius 1 is 1.22 bits per heavy atom. The number of ether oxygens (including phenoxy) is 1. The zero-order valence-electron chi connectivity index (χ0n) is 19.4. The molecule has 0 fully saturated rings. The predicted molar refractivity (Wildman–Crippen MR) is 127 cm³/mol. The smallest absolute Gasteiger partial charge is 0.305 e. The van der Waals surface area contributed by atoms with E-state index in [-0.39, 0.29) is 11.9 Å². The quantitative estimate of drug-likeness (QED) is 0.281. The van der Waals surface area contributed by atoms with E-state index in [1.165, 1.54) is 12.8 Å². The third kappa shape index (κ3) is 6.11. The molecule has 2 N–H and O–H groups in total. The first-order valence-electron chi connectivity index (χ1n) is 11.9. The highest BCUT2D eigenvalue weighted by molar-refractivity contribution is 5.69. The van der Waals surface area contributed by atoms with E-state index in [0.717, 1.165) is 61.9 Å². The Bertz CT molecular complexity index is 887. The van der Waals surface area contributed by atoms with Gasteiger partial charge in [0.2, 0.25) is 0 Å². The SMILES string of the molecule is CCCCC[C@H](O)/C=C/[C@@H]1c2cc(CCCCC(=O)OC)n(-c3ccccc3)c2C[C@H]1O. The topological polar surface area (TPSA) is 71.7 Å². The van der Waals surface area contributed by atoms with Crippen LogP contribution in [-0.2, 0) is 22.4 Å². The molecule has 1 aliphatic rings. The second kappa shape index (κ2) is 12.0. The average molecular weight is 440 g/mol. The second-order valence-corrected chi connectivity index (χ2v) is 8.74. The maximum absolute atomic E-state index is 11.4. The number of carbonyl (C=O) groups excluding carboxylic acids is 1. The number of aliphatic hydroxyl groups is 2. The fourth-order valence-electron chi connectivity index (χ4n) is 4.60. The van der Waals surface area contributed by atoms with Gasteiger partial charge in [-0.2, -0.15) is 0 Å². The van der Waals surface area contributed by atoms with E-state index in [2.05, 4.69) is 29.7 Å². The summed E-state index contributed by atoms with van der Waals surface area (Å²) in [6.07, 6.45) is 10.5. The lowest BCUT2D eigenvalue weighted by atomic mass is 9.98. The number of benzene rings is 1. The lowest BCUT2D eigenvalue weighted by Crippen LogP contribution is -2.14. The summed E-state index contributed by atoms with van der Waals surface area (Å²) in [6.45, 7) is 2.16. The molecule has 1 aromatic carbocycles. The highest BCUT2D eigenvalue weighted by atomic mass is 16.5. The van der Waals surface area contributed by atoms with E-state index in [0.29, 0.717) is 12.8 Å². The lowest BCUT2D eigenvalue weighted by molar-refractivity contribution is -0.140. The van der Waals surface area contributed by atoms with Gasteiger partial charge in [-0.05, 0) is 49.4 Å². The van der Waals surface area contributed by atoms with Crippen LogP contribution in [0.1, 0.15) is 74.7 Å². The van der Waals surface area contributed by atoms with E-state index in [9.17, 15) is 15.0 Å². The fourth-order valence-corrected chi connectivity index (χ4v) is 4.60. The molecule has 2 aromatic rings. The van der Waals surface area contributed by atoms with Crippen LogP contribution >= 0.6 is 0 Å². The molecule has 3 rings (SSSR count). The van der Waals surface area contributed by atoms with Crippen LogP contribution in [0.15, 0.2) is 48.6 Å². The van der Waals surface area contributed by atoms with Crippen LogP contribution < -0.4 is 0 Å². The summed E-state index contributed by atoms with van der Waals surface area (Å²) < 4.78 is 7.01. The molecule has 0 bridgehead atoms. The Kier molecular flexibility index (Phi) is 9.12. The van der Waals surface area contributed by atoms with Gasteiger partial charge in [0.25, 0.3) is 0 Å². The molecular weight excluding hydrogens is 402 g/mol. The molecule has 0 saturated carbocycles.